The van der Waals surface area contributed by atoms with Crippen molar-refractivity contribution in [2.75, 3.05) is 13.1 Å². The quantitative estimate of drug-likeness (QED) is 0.684. The van der Waals surface area contributed by atoms with Crippen molar-refractivity contribution < 1.29 is 8.42 Å². The zero-order valence-electron chi connectivity index (χ0n) is 7.97. The van der Waals surface area contributed by atoms with Crippen LogP contribution in [0, 0.1) is 0 Å². The van der Waals surface area contributed by atoms with Crippen LogP contribution in [0.25, 0.3) is 0 Å². The van der Waals surface area contributed by atoms with Gasteiger partial charge in [-0.25, -0.2) is 12.7 Å². The maximum atomic E-state index is 11.8. The summed E-state index contributed by atoms with van der Waals surface area (Å²) < 4.78 is 25.1. The van der Waals surface area contributed by atoms with Crippen molar-refractivity contribution >= 4 is 10.0 Å². The lowest BCUT2D eigenvalue weighted by Gasteiger charge is -2.20. The largest absolute Gasteiger partial charge is 0.224 e. The van der Waals surface area contributed by atoms with Crippen molar-refractivity contribution in [3.8, 4) is 0 Å². The number of hydrogen-bond donors (Lipinski definition) is 0. The topological polar surface area (TPSA) is 37.4 Å². The van der Waals surface area contributed by atoms with E-state index in [1.54, 1.807) is 24.3 Å². The fourth-order valence-corrected chi connectivity index (χ4v) is 3.01. The summed E-state index contributed by atoms with van der Waals surface area (Å²) in [6.07, 6.45) is 6.94. The highest BCUT2D eigenvalue weighted by atomic mass is 32.2. The molecule has 0 aromatic carbocycles. The second-order valence-electron chi connectivity index (χ2n) is 2.86. The highest BCUT2D eigenvalue weighted by molar-refractivity contribution is 7.90. The van der Waals surface area contributed by atoms with E-state index in [-0.39, 0.29) is 0 Å². The minimum absolute atomic E-state index is 0.451. The summed E-state index contributed by atoms with van der Waals surface area (Å²) >= 11 is 0. The lowest BCUT2D eigenvalue weighted by Crippen LogP contribution is -2.36. The molecule has 0 radical (unpaired) electrons. The Bertz CT molecular complexity index is 301. The molecule has 0 aliphatic heterocycles. The Kier molecular flexibility index (Phi) is 3.27. The third kappa shape index (κ3) is 2.00. The van der Waals surface area contributed by atoms with E-state index in [0.29, 0.717) is 13.1 Å². The molecule has 0 unspecified atom stereocenters. The van der Waals surface area contributed by atoms with Gasteiger partial charge in [0, 0.05) is 13.1 Å². The molecule has 0 fully saturated rings. The molecule has 13 heavy (non-hydrogen) atoms. The van der Waals surface area contributed by atoms with Crippen LogP contribution < -0.4 is 0 Å². The van der Waals surface area contributed by atoms with Crippen LogP contribution in [-0.4, -0.2) is 31.1 Å². The van der Waals surface area contributed by atoms with E-state index < -0.39 is 15.3 Å². The van der Waals surface area contributed by atoms with Gasteiger partial charge in [-0.3, -0.25) is 0 Å². The van der Waals surface area contributed by atoms with E-state index in [4.69, 9.17) is 0 Å². The van der Waals surface area contributed by atoms with Gasteiger partial charge < -0.3 is 0 Å². The van der Waals surface area contributed by atoms with E-state index in [1.165, 1.54) is 4.31 Å². The Balaban J connectivity index is 2.87. The van der Waals surface area contributed by atoms with E-state index in [1.807, 2.05) is 13.8 Å². The Morgan fingerprint density at radius 2 is 1.62 bits per heavy atom. The highest BCUT2D eigenvalue weighted by Crippen LogP contribution is 2.15. The summed E-state index contributed by atoms with van der Waals surface area (Å²) in [7, 11) is -3.14. The van der Waals surface area contributed by atoms with E-state index >= 15 is 0 Å². The molecule has 0 saturated carbocycles. The third-order valence-corrected chi connectivity index (χ3v) is 4.36. The van der Waals surface area contributed by atoms with Crippen molar-refractivity contribution in [2.45, 2.75) is 19.1 Å². The van der Waals surface area contributed by atoms with Gasteiger partial charge in [0.05, 0.1) is 0 Å². The molecule has 1 rings (SSSR count). The molecule has 0 bridgehead atoms. The van der Waals surface area contributed by atoms with Gasteiger partial charge in [0.15, 0.2) is 0 Å². The molecule has 4 heteroatoms. The zero-order chi connectivity index (χ0) is 9.90. The molecular formula is C9H15NO2S. The number of rotatable bonds is 4. The summed E-state index contributed by atoms with van der Waals surface area (Å²) in [6.45, 7) is 4.78. The summed E-state index contributed by atoms with van der Waals surface area (Å²) in [5, 5.41) is -0.451. The van der Waals surface area contributed by atoms with Crippen LogP contribution in [0.2, 0.25) is 0 Å². The van der Waals surface area contributed by atoms with Crippen LogP contribution in [0.1, 0.15) is 13.8 Å². The SMILES string of the molecule is CCN(CC)S(=O)(=O)C1C=CC=C1. The number of hydrogen-bond acceptors (Lipinski definition) is 2. The van der Waals surface area contributed by atoms with Crippen LogP contribution in [-0.2, 0) is 10.0 Å². The Hall–Kier alpha value is -0.610. The second-order valence-corrected chi connectivity index (χ2v) is 4.95. The van der Waals surface area contributed by atoms with Crippen LogP contribution >= 0.6 is 0 Å². The van der Waals surface area contributed by atoms with Crippen molar-refractivity contribution in [3.63, 3.8) is 0 Å². The second kappa shape index (κ2) is 4.07. The molecule has 3 nitrogen and oxygen atoms in total. The smallest absolute Gasteiger partial charge is 0.211 e. The third-order valence-electron chi connectivity index (χ3n) is 2.12. The normalized spacial score (nSPS) is 17.5. The van der Waals surface area contributed by atoms with Gasteiger partial charge >= 0.3 is 0 Å². The fraction of sp³-hybridized carbons (Fsp3) is 0.556. The maximum Gasteiger partial charge on any atom is 0.224 e. The molecule has 0 aromatic rings. The molecule has 0 spiro atoms. The maximum absolute atomic E-state index is 11.8. The van der Waals surface area contributed by atoms with Crippen LogP contribution in [0.15, 0.2) is 24.3 Å². The van der Waals surface area contributed by atoms with Crippen LogP contribution in [0.4, 0.5) is 0 Å². The summed E-state index contributed by atoms with van der Waals surface area (Å²) in [6, 6.07) is 0. The van der Waals surface area contributed by atoms with Crippen molar-refractivity contribution in [3.05, 3.63) is 24.3 Å². The predicted octanol–water partition coefficient (Wildman–Crippen LogP) is 1.15. The molecule has 0 amide bonds. The molecule has 0 aromatic heterocycles. The van der Waals surface area contributed by atoms with E-state index in [0.717, 1.165) is 0 Å². The molecule has 0 heterocycles. The summed E-state index contributed by atoms with van der Waals surface area (Å²) in [5.41, 5.74) is 0. The molecule has 1 aliphatic rings. The summed E-state index contributed by atoms with van der Waals surface area (Å²) in [4.78, 5) is 0. The average molecular weight is 201 g/mol. The molecule has 0 atom stereocenters. The van der Waals surface area contributed by atoms with E-state index in [2.05, 4.69) is 0 Å². The number of sulfonamides is 1. The predicted molar refractivity (Wildman–Crippen MR) is 53.9 cm³/mol. The number of allylic oxidation sites excluding steroid dienone is 2. The van der Waals surface area contributed by atoms with Gasteiger partial charge in [-0.1, -0.05) is 38.2 Å². The first-order chi connectivity index (χ1) is 6.12. The zero-order valence-corrected chi connectivity index (χ0v) is 8.79. The lowest BCUT2D eigenvalue weighted by molar-refractivity contribution is 0.444. The molecular weight excluding hydrogens is 186 g/mol. The first-order valence-corrected chi connectivity index (χ1v) is 5.97. The first kappa shape index (κ1) is 10.5. The van der Waals surface area contributed by atoms with Gasteiger partial charge in [0.2, 0.25) is 10.0 Å². The van der Waals surface area contributed by atoms with Gasteiger partial charge in [0.1, 0.15) is 5.25 Å². The minimum atomic E-state index is -3.14. The molecule has 0 N–H and O–H groups in total. The van der Waals surface area contributed by atoms with Gasteiger partial charge in [-0.15, -0.1) is 0 Å². The van der Waals surface area contributed by atoms with Gasteiger partial charge in [-0.2, -0.15) is 0 Å². The van der Waals surface area contributed by atoms with Crippen LogP contribution in [0.5, 0.6) is 0 Å². The van der Waals surface area contributed by atoms with Crippen molar-refractivity contribution in [2.24, 2.45) is 0 Å². The Morgan fingerprint density at radius 1 is 1.15 bits per heavy atom. The van der Waals surface area contributed by atoms with Crippen molar-refractivity contribution in [1.82, 2.24) is 4.31 Å². The van der Waals surface area contributed by atoms with E-state index in [9.17, 15) is 8.42 Å². The fourth-order valence-electron chi connectivity index (χ4n) is 1.37. The molecule has 74 valence electrons. The van der Waals surface area contributed by atoms with Gasteiger partial charge in [-0.05, 0) is 0 Å². The first-order valence-electron chi connectivity index (χ1n) is 4.46. The lowest BCUT2D eigenvalue weighted by atomic mass is 10.5. The highest BCUT2D eigenvalue weighted by Gasteiger charge is 2.27. The minimum Gasteiger partial charge on any atom is -0.211 e. The monoisotopic (exact) mass is 201 g/mol. The Morgan fingerprint density at radius 3 is 2.00 bits per heavy atom. The number of nitrogens with zero attached hydrogens (tertiary/aromatic N) is 1. The van der Waals surface area contributed by atoms with Gasteiger partial charge in [0.25, 0.3) is 0 Å². The standard InChI is InChI=1S/C9H15NO2S/c1-3-10(4-2)13(11,12)9-7-5-6-8-9/h5-9H,3-4H2,1-2H3. The van der Waals surface area contributed by atoms with Crippen LogP contribution in [0.3, 0.4) is 0 Å². The average Bonchev–Trinajstić information content (AvgIpc) is 2.58. The summed E-state index contributed by atoms with van der Waals surface area (Å²) in [5.74, 6) is 0. The Labute approximate surface area is 79.8 Å². The molecule has 0 saturated heterocycles. The van der Waals surface area contributed by atoms with Crippen molar-refractivity contribution in [1.29, 1.82) is 0 Å². The molecule has 1 aliphatic carbocycles.